The number of hydrogen-bond donors (Lipinski definition) is 2. The van der Waals surface area contributed by atoms with Crippen LogP contribution in [0.2, 0.25) is 6.32 Å². The van der Waals surface area contributed by atoms with Gasteiger partial charge in [-0.25, -0.2) is 0 Å². The minimum atomic E-state index is -0.991. The fraction of sp³-hybridized carbons (Fsp3) is 0.778. The third-order valence-electron chi connectivity index (χ3n) is 2.27. The van der Waals surface area contributed by atoms with Gasteiger partial charge in [0.1, 0.15) is 0 Å². The van der Waals surface area contributed by atoms with Gasteiger partial charge in [0.2, 0.25) is 0 Å². The Balaban J connectivity index is 4.24. The maximum absolute atomic E-state index is 9.70. The van der Waals surface area contributed by atoms with E-state index in [1.54, 1.807) is 33.8 Å². The standard InChI is InChI=1S/C9H19BO3/c1-6-7-10(12)13-9(4,5)8(2,3)11/h6,11-12H,1,7H2,2-5H3. The van der Waals surface area contributed by atoms with E-state index in [0.29, 0.717) is 6.32 Å². The van der Waals surface area contributed by atoms with Crippen molar-refractivity contribution in [1.29, 1.82) is 0 Å². The van der Waals surface area contributed by atoms with Gasteiger partial charge in [-0.3, -0.25) is 0 Å². The summed E-state index contributed by atoms with van der Waals surface area (Å²) >= 11 is 0. The zero-order valence-corrected chi connectivity index (χ0v) is 8.87. The predicted octanol–water partition coefficient (Wildman–Crippen LogP) is 1.22. The number of hydrogen-bond acceptors (Lipinski definition) is 3. The molecule has 2 N–H and O–H groups in total. The second-order valence-corrected chi connectivity index (χ2v) is 4.17. The van der Waals surface area contributed by atoms with E-state index < -0.39 is 18.3 Å². The van der Waals surface area contributed by atoms with E-state index >= 15 is 0 Å². The molecule has 0 aliphatic heterocycles. The van der Waals surface area contributed by atoms with Crippen LogP contribution < -0.4 is 0 Å². The van der Waals surface area contributed by atoms with Crippen molar-refractivity contribution in [2.45, 2.75) is 45.2 Å². The highest BCUT2D eigenvalue weighted by Crippen LogP contribution is 2.25. The Kier molecular flexibility index (Phi) is 4.16. The molecule has 0 rings (SSSR count). The molecule has 13 heavy (non-hydrogen) atoms. The van der Waals surface area contributed by atoms with Crippen LogP contribution >= 0.6 is 0 Å². The average molecular weight is 186 g/mol. The maximum atomic E-state index is 9.70. The molecular formula is C9H19BO3. The highest BCUT2D eigenvalue weighted by Gasteiger charge is 2.38. The van der Waals surface area contributed by atoms with Crippen molar-refractivity contribution in [3.63, 3.8) is 0 Å². The third kappa shape index (κ3) is 3.94. The van der Waals surface area contributed by atoms with Crippen LogP contribution in [-0.2, 0) is 4.65 Å². The predicted molar refractivity (Wildman–Crippen MR) is 54.4 cm³/mol. The summed E-state index contributed by atoms with van der Waals surface area (Å²) < 4.78 is 5.28. The monoisotopic (exact) mass is 186 g/mol. The van der Waals surface area contributed by atoms with Crippen LogP contribution in [0.25, 0.3) is 0 Å². The van der Waals surface area contributed by atoms with E-state index in [2.05, 4.69) is 6.58 Å². The van der Waals surface area contributed by atoms with Crippen LogP contribution in [0, 0.1) is 0 Å². The summed E-state index contributed by atoms with van der Waals surface area (Å²) in [4.78, 5) is 0. The molecule has 0 bridgehead atoms. The molecule has 0 aromatic rings. The van der Waals surface area contributed by atoms with E-state index in [1.165, 1.54) is 0 Å². The van der Waals surface area contributed by atoms with Crippen LogP contribution in [-0.4, -0.2) is 28.5 Å². The molecule has 0 radical (unpaired) electrons. The van der Waals surface area contributed by atoms with Gasteiger partial charge < -0.3 is 14.8 Å². The number of allylic oxidation sites excluding steroid dienone is 1. The third-order valence-corrected chi connectivity index (χ3v) is 2.27. The van der Waals surface area contributed by atoms with Crippen molar-refractivity contribution in [1.82, 2.24) is 0 Å². The van der Waals surface area contributed by atoms with Crippen molar-refractivity contribution in [2.75, 3.05) is 0 Å². The Hall–Kier alpha value is -0.315. The summed E-state index contributed by atoms with van der Waals surface area (Å²) in [6.07, 6.45) is 1.94. The van der Waals surface area contributed by atoms with Gasteiger partial charge in [-0.1, -0.05) is 6.08 Å². The Labute approximate surface area is 80.6 Å². The highest BCUT2D eigenvalue weighted by atomic mass is 16.5. The maximum Gasteiger partial charge on any atom is 0.458 e. The lowest BCUT2D eigenvalue weighted by molar-refractivity contribution is -0.0996. The molecule has 0 aliphatic carbocycles. The van der Waals surface area contributed by atoms with Crippen molar-refractivity contribution >= 4 is 7.12 Å². The quantitative estimate of drug-likeness (QED) is 0.501. The van der Waals surface area contributed by atoms with Crippen molar-refractivity contribution < 1.29 is 14.8 Å². The lowest BCUT2D eigenvalue weighted by Crippen LogP contribution is -2.50. The molecule has 0 aromatic carbocycles. The van der Waals surface area contributed by atoms with E-state index in [-0.39, 0.29) is 0 Å². The Bertz CT molecular complexity index is 172. The Morgan fingerprint density at radius 3 is 2.15 bits per heavy atom. The molecule has 0 saturated carbocycles. The van der Waals surface area contributed by atoms with Gasteiger partial charge in [-0.15, -0.1) is 6.58 Å². The molecule has 0 spiro atoms. The Morgan fingerprint density at radius 2 is 1.85 bits per heavy atom. The zero-order valence-electron chi connectivity index (χ0n) is 8.87. The topological polar surface area (TPSA) is 49.7 Å². The smallest absolute Gasteiger partial charge is 0.427 e. The second kappa shape index (κ2) is 4.27. The molecule has 0 fully saturated rings. The molecule has 0 aliphatic rings. The van der Waals surface area contributed by atoms with Gasteiger partial charge >= 0.3 is 7.12 Å². The summed E-state index contributed by atoms with van der Waals surface area (Å²) in [5.74, 6) is 0. The minimum Gasteiger partial charge on any atom is -0.427 e. The first-order chi connectivity index (χ1) is 5.70. The van der Waals surface area contributed by atoms with Crippen LogP contribution in [0.3, 0.4) is 0 Å². The summed E-state index contributed by atoms with van der Waals surface area (Å²) in [7, 11) is -0.904. The zero-order chi connectivity index (χ0) is 10.7. The van der Waals surface area contributed by atoms with Crippen LogP contribution in [0.1, 0.15) is 27.7 Å². The fourth-order valence-corrected chi connectivity index (χ4v) is 0.675. The van der Waals surface area contributed by atoms with Gasteiger partial charge in [-0.2, -0.15) is 0 Å². The molecule has 0 aromatic heterocycles. The second-order valence-electron chi connectivity index (χ2n) is 4.17. The van der Waals surface area contributed by atoms with E-state index in [4.69, 9.17) is 4.65 Å². The van der Waals surface area contributed by atoms with Crippen molar-refractivity contribution in [3.8, 4) is 0 Å². The molecule has 0 saturated heterocycles. The molecule has 0 heterocycles. The van der Waals surface area contributed by atoms with Crippen LogP contribution in [0.15, 0.2) is 12.7 Å². The average Bonchev–Trinajstić information content (AvgIpc) is 1.83. The lowest BCUT2D eigenvalue weighted by atomic mass is 9.80. The Morgan fingerprint density at radius 1 is 1.38 bits per heavy atom. The van der Waals surface area contributed by atoms with Gasteiger partial charge in [0, 0.05) is 0 Å². The first-order valence-electron chi connectivity index (χ1n) is 4.40. The SMILES string of the molecule is C=CCB(O)OC(C)(C)C(C)(C)O. The molecule has 0 amide bonds. The fourth-order valence-electron chi connectivity index (χ4n) is 0.675. The van der Waals surface area contributed by atoms with Gasteiger partial charge in [-0.05, 0) is 34.0 Å². The minimum absolute atomic E-state index is 0.361. The summed E-state index contributed by atoms with van der Waals surface area (Å²) in [6, 6.07) is 0. The molecule has 4 heteroatoms. The molecule has 0 atom stereocenters. The summed E-state index contributed by atoms with van der Waals surface area (Å²) in [6.45, 7) is 10.3. The summed E-state index contributed by atoms with van der Waals surface area (Å²) in [5, 5.41) is 19.0. The van der Waals surface area contributed by atoms with Crippen molar-refractivity contribution in [3.05, 3.63) is 12.7 Å². The van der Waals surface area contributed by atoms with E-state index in [9.17, 15) is 10.1 Å². The highest BCUT2D eigenvalue weighted by molar-refractivity contribution is 6.43. The first-order valence-corrected chi connectivity index (χ1v) is 4.40. The largest absolute Gasteiger partial charge is 0.458 e. The molecular weight excluding hydrogens is 167 g/mol. The number of rotatable bonds is 5. The molecule has 76 valence electrons. The molecule has 3 nitrogen and oxygen atoms in total. The number of aliphatic hydroxyl groups is 1. The first kappa shape index (κ1) is 12.7. The van der Waals surface area contributed by atoms with Crippen molar-refractivity contribution in [2.24, 2.45) is 0 Å². The van der Waals surface area contributed by atoms with E-state index in [0.717, 1.165) is 0 Å². The van der Waals surface area contributed by atoms with Crippen LogP contribution in [0.5, 0.6) is 0 Å². The van der Waals surface area contributed by atoms with Gasteiger partial charge in [0.15, 0.2) is 0 Å². The normalized spacial score (nSPS) is 12.8. The van der Waals surface area contributed by atoms with Gasteiger partial charge in [0.05, 0.1) is 11.2 Å². The van der Waals surface area contributed by atoms with Crippen LogP contribution in [0.4, 0.5) is 0 Å². The van der Waals surface area contributed by atoms with Gasteiger partial charge in [0.25, 0.3) is 0 Å². The summed E-state index contributed by atoms with van der Waals surface area (Å²) in [5.41, 5.74) is -1.77. The molecule has 0 unspecified atom stereocenters. The lowest BCUT2D eigenvalue weighted by Gasteiger charge is -2.38. The van der Waals surface area contributed by atoms with E-state index in [1.807, 2.05) is 0 Å².